The minimum atomic E-state index is -4.59. The molecule has 2 N–H and O–H groups in total. The number of allylic oxidation sites excluding steroid dienone is 13. The van der Waals surface area contributed by atoms with Crippen molar-refractivity contribution in [1.29, 1.82) is 0 Å². The molecule has 48 heavy (non-hydrogen) atoms. The number of carbonyl (C=O) groups excluding carboxylic acids is 1. The average Bonchev–Trinajstić information content (AvgIpc) is 3.02. The van der Waals surface area contributed by atoms with Crippen LogP contribution < -0.4 is 10.2 Å². The number of nitrogens with one attached hydrogen (secondary N) is 1. The summed E-state index contributed by atoms with van der Waals surface area (Å²) in [6.45, 7) is 4.32. The molecule has 0 aliphatic heterocycles. The summed E-state index contributed by atoms with van der Waals surface area (Å²) in [7, 11) is 1.19. The first-order valence-corrected chi connectivity index (χ1v) is 19.4. The number of carbonyl (C=O) groups is 1. The van der Waals surface area contributed by atoms with Crippen molar-refractivity contribution < 1.29 is 32.9 Å². The molecule has 9 heteroatoms. The Hall–Kier alpha value is -2.32. The maximum atomic E-state index is 12.7. The molecule has 0 saturated heterocycles. The van der Waals surface area contributed by atoms with Crippen molar-refractivity contribution in [2.24, 2.45) is 0 Å². The summed E-state index contributed by atoms with van der Waals surface area (Å²) in [5.74, 6) is -0.250. The Bertz CT molecular complexity index is 1060. The summed E-state index contributed by atoms with van der Waals surface area (Å²) in [5.41, 5.74) is 0. The van der Waals surface area contributed by atoms with Gasteiger partial charge in [-0.05, 0) is 70.6 Å². The number of aliphatic hydroxyl groups excluding tert-OH is 1. The van der Waals surface area contributed by atoms with Gasteiger partial charge in [-0.25, -0.2) is 0 Å². The SMILES string of the molecule is CC/C=C\C/C=C\C/C=C\C/C=C\C/C=C\CCCCCC(=O)NC(COP(=O)([O-])OCC[N+](C)(C)C)C(O)/C=C/CC/C=C/CCC. The van der Waals surface area contributed by atoms with Crippen molar-refractivity contribution in [3.63, 3.8) is 0 Å². The van der Waals surface area contributed by atoms with Crippen molar-refractivity contribution in [3.05, 3.63) is 85.1 Å². The normalized spacial score (nSPS) is 15.7. The van der Waals surface area contributed by atoms with Gasteiger partial charge in [0.2, 0.25) is 5.91 Å². The van der Waals surface area contributed by atoms with Gasteiger partial charge in [0.25, 0.3) is 7.82 Å². The molecule has 0 aliphatic carbocycles. The molecule has 0 spiro atoms. The molecular formula is C39H67N2O6P. The predicted octanol–water partition coefficient (Wildman–Crippen LogP) is 8.43. The third-order valence-corrected chi connectivity index (χ3v) is 8.03. The number of nitrogens with zero attached hydrogens (tertiary/aromatic N) is 1. The highest BCUT2D eigenvalue weighted by Gasteiger charge is 2.23. The smallest absolute Gasteiger partial charge is 0.268 e. The molecule has 0 aromatic rings. The Morgan fingerprint density at radius 3 is 1.88 bits per heavy atom. The lowest BCUT2D eigenvalue weighted by atomic mass is 10.1. The standard InChI is InChI=1S/C39H67N2O6P/c1-6-8-10-12-14-15-16-17-18-19-20-21-22-23-24-25-27-29-31-33-39(43)40-37(38(42)32-30-28-26-13-11-9-7-2)36-47-48(44,45)46-35-34-41(3,4)5/h8,10-11,13-15,17-18,20-21,23-24,30,32,37-38,42H,6-7,9,12,16,19,22,25-29,31,33-36H2,1-5H3,(H-,40,43,44,45)/b10-8-,13-11+,15-14-,18-17-,21-20-,24-23-,32-30+. The van der Waals surface area contributed by atoms with Gasteiger partial charge < -0.3 is 28.8 Å². The first kappa shape index (κ1) is 45.7. The van der Waals surface area contributed by atoms with Crippen LogP contribution in [0.25, 0.3) is 0 Å². The summed E-state index contributed by atoms with van der Waals surface area (Å²) in [5, 5.41) is 13.5. The first-order valence-electron chi connectivity index (χ1n) is 17.9. The zero-order valence-electron chi connectivity index (χ0n) is 30.6. The van der Waals surface area contributed by atoms with Gasteiger partial charge in [0.15, 0.2) is 0 Å². The minimum Gasteiger partial charge on any atom is -0.756 e. The molecule has 0 heterocycles. The largest absolute Gasteiger partial charge is 0.756 e. The number of likely N-dealkylation sites (N-methyl/N-ethyl adjacent to an activating group) is 1. The Kier molecular flexibility index (Phi) is 29.2. The second kappa shape index (κ2) is 30.7. The summed E-state index contributed by atoms with van der Waals surface area (Å²) < 4.78 is 22.9. The highest BCUT2D eigenvalue weighted by molar-refractivity contribution is 7.45. The van der Waals surface area contributed by atoms with E-state index < -0.39 is 26.6 Å². The maximum Gasteiger partial charge on any atom is 0.268 e. The Morgan fingerprint density at radius 2 is 1.29 bits per heavy atom. The van der Waals surface area contributed by atoms with E-state index in [0.717, 1.165) is 77.0 Å². The molecule has 8 nitrogen and oxygen atoms in total. The molecule has 0 bridgehead atoms. The Labute approximate surface area is 293 Å². The average molecular weight is 691 g/mol. The monoisotopic (exact) mass is 690 g/mol. The number of amides is 1. The van der Waals surface area contributed by atoms with Crippen LogP contribution in [0.4, 0.5) is 0 Å². The van der Waals surface area contributed by atoms with Crippen molar-refractivity contribution in [3.8, 4) is 0 Å². The van der Waals surface area contributed by atoms with Crippen molar-refractivity contribution >= 4 is 13.7 Å². The number of hydrogen-bond acceptors (Lipinski definition) is 6. The van der Waals surface area contributed by atoms with Crippen molar-refractivity contribution in [2.45, 2.75) is 116 Å². The van der Waals surface area contributed by atoms with Crippen molar-refractivity contribution in [2.75, 3.05) is 40.9 Å². The Balaban J connectivity index is 4.52. The zero-order valence-corrected chi connectivity index (χ0v) is 31.5. The molecule has 1 amide bonds. The quantitative estimate of drug-likeness (QED) is 0.0339. The van der Waals surface area contributed by atoms with Crippen LogP contribution in [-0.2, 0) is 18.4 Å². The van der Waals surface area contributed by atoms with Gasteiger partial charge in [-0.3, -0.25) is 9.36 Å². The second-order valence-electron chi connectivity index (χ2n) is 12.8. The maximum absolute atomic E-state index is 12.7. The zero-order chi connectivity index (χ0) is 35.8. The van der Waals surface area contributed by atoms with Crippen LogP contribution in [0.5, 0.6) is 0 Å². The van der Waals surface area contributed by atoms with Crippen LogP contribution >= 0.6 is 7.82 Å². The van der Waals surface area contributed by atoms with Crippen LogP contribution in [0.1, 0.15) is 104 Å². The molecule has 0 radical (unpaired) electrons. The van der Waals surface area contributed by atoms with Crippen LogP contribution in [-0.4, -0.2) is 68.5 Å². The summed E-state index contributed by atoms with van der Waals surface area (Å²) in [6, 6.07) is -0.921. The molecule has 0 aliphatic rings. The van der Waals surface area contributed by atoms with E-state index in [2.05, 4.69) is 92.1 Å². The summed E-state index contributed by atoms with van der Waals surface area (Å²) in [4.78, 5) is 25.0. The van der Waals surface area contributed by atoms with E-state index in [4.69, 9.17) is 9.05 Å². The van der Waals surface area contributed by atoms with Crippen molar-refractivity contribution in [1.82, 2.24) is 5.32 Å². The molecule has 3 unspecified atom stereocenters. The first-order chi connectivity index (χ1) is 23.0. The number of quaternary nitrogens is 1. The van der Waals surface area contributed by atoms with Crippen LogP contribution in [0.3, 0.4) is 0 Å². The predicted molar refractivity (Wildman–Crippen MR) is 200 cm³/mol. The minimum absolute atomic E-state index is 0.0189. The molecule has 0 aromatic carbocycles. The molecule has 3 atom stereocenters. The van der Waals surface area contributed by atoms with E-state index in [0.29, 0.717) is 17.4 Å². The Morgan fingerprint density at radius 1 is 0.750 bits per heavy atom. The number of phosphoric ester groups is 1. The van der Waals surface area contributed by atoms with E-state index >= 15 is 0 Å². The van der Waals surface area contributed by atoms with E-state index in [-0.39, 0.29) is 18.9 Å². The highest BCUT2D eigenvalue weighted by Crippen LogP contribution is 2.38. The van der Waals surface area contributed by atoms with Crippen LogP contribution in [0.15, 0.2) is 85.1 Å². The molecule has 0 rings (SSSR count). The van der Waals surface area contributed by atoms with Crippen LogP contribution in [0, 0.1) is 0 Å². The van der Waals surface area contributed by atoms with Gasteiger partial charge in [-0.2, -0.15) is 0 Å². The fourth-order valence-electron chi connectivity index (χ4n) is 4.20. The van der Waals surface area contributed by atoms with Crippen LogP contribution in [0.2, 0.25) is 0 Å². The van der Waals surface area contributed by atoms with Gasteiger partial charge in [0.05, 0.1) is 39.9 Å². The number of rotatable bonds is 30. The fraction of sp³-hybridized carbons (Fsp3) is 0.615. The van der Waals surface area contributed by atoms with Gasteiger partial charge in [0, 0.05) is 6.42 Å². The third kappa shape index (κ3) is 32.2. The second-order valence-corrected chi connectivity index (χ2v) is 14.2. The number of hydrogen-bond donors (Lipinski definition) is 2. The van der Waals surface area contributed by atoms with Gasteiger partial charge in [-0.1, -0.05) is 112 Å². The molecule has 0 saturated carbocycles. The van der Waals surface area contributed by atoms with E-state index in [9.17, 15) is 19.4 Å². The third-order valence-electron chi connectivity index (χ3n) is 7.07. The molecule has 274 valence electrons. The van der Waals surface area contributed by atoms with E-state index in [1.807, 2.05) is 27.2 Å². The highest BCUT2D eigenvalue weighted by atomic mass is 31.2. The summed E-state index contributed by atoms with van der Waals surface area (Å²) in [6.07, 6.45) is 40.8. The number of aliphatic hydroxyl groups is 1. The topological polar surface area (TPSA) is 108 Å². The molecular weight excluding hydrogens is 623 g/mol. The molecule has 0 fully saturated rings. The number of unbranched alkanes of at least 4 members (excludes halogenated alkanes) is 5. The lowest BCUT2D eigenvalue weighted by molar-refractivity contribution is -0.870. The van der Waals surface area contributed by atoms with E-state index in [1.165, 1.54) is 0 Å². The summed E-state index contributed by atoms with van der Waals surface area (Å²) >= 11 is 0. The molecule has 0 aromatic heterocycles. The number of phosphoric acid groups is 1. The van der Waals surface area contributed by atoms with Gasteiger partial charge >= 0.3 is 0 Å². The fourth-order valence-corrected chi connectivity index (χ4v) is 4.92. The van der Waals surface area contributed by atoms with Gasteiger partial charge in [0.1, 0.15) is 13.2 Å². The lowest BCUT2D eigenvalue weighted by Crippen LogP contribution is -2.45. The van der Waals surface area contributed by atoms with Gasteiger partial charge in [-0.15, -0.1) is 0 Å². The lowest BCUT2D eigenvalue weighted by Gasteiger charge is -2.29. The van der Waals surface area contributed by atoms with E-state index in [1.54, 1.807) is 6.08 Å².